The largest absolute Gasteiger partial charge is 0.449 e. The summed E-state index contributed by atoms with van der Waals surface area (Å²) in [6, 6.07) is 7.28. The number of carbonyl (C=O) groups excluding carboxylic acids is 1. The minimum Gasteiger partial charge on any atom is -0.449 e. The molecule has 0 bridgehead atoms. The molecule has 37 heavy (non-hydrogen) atoms. The number of benzene rings is 1. The Kier molecular flexibility index (Phi) is 7.28. The highest BCUT2D eigenvalue weighted by molar-refractivity contribution is 6.30. The molecule has 3 aromatic heterocycles. The van der Waals surface area contributed by atoms with Crippen LogP contribution in [0.4, 0.5) is 10.7 Å². The zero-order chi connectivity index (χ0) is 25.9. The van der Waals surface area contributed by atoms with Crippen molar-refractivity contribution < 1.29 is 9.53 Å². The van der Waals surface area contributed by atoms with Crippen LogP contribution in [-0.4, -0.2) is 84.2 Å². The molecule has 2 N–H and O–H groups in total. The lowest BCUT2D eigenvalue weighted by atomic mass is 10.2. The number of halogens is 1. The summed E-state index contributed by atoms with van der Waals surface area (Å²) < 4.78 is 9.74. The third kappa shape index (κ3) is 5.25. The number of unbranched alkanes of at least 4 members (excludes halogenated alkanes) is 1. The van der Waals surface area contributed by atoms with Crippen molar-refractivity contribution >= 4 is 40.3 Å². The lowest BCUT2D eigenvalue weighted by Gasteiger charge is -2.34. The number of amides is 1. The van der Waals surface area contributed by atoms with Gasteiger partial charge in [-0.1, -0.05) is 37.1 Å². The predicted molar refractivity (Wildman–Crippen MR) is 140 cm³/mol. The van der Waals surface area contributed by atoms with Gasteiger partial charge >= 0.3 is 11.8 Å². The Balaban J connectivity index is 1.28. The number of fused-ring (bicyclic) bond motifs is 3. The van der Waals surface area contributed by atoms with Gasteiger partial charge in [0.1, 0.15) is 0 Å². The Morgan fingerprint density at radius 1 is 1.14 bits per heavy atom. The van der Waals surface area contributed by atoms with Crippen LogP contribution in [0.2, 0.25) is 5.02 Å². The van der Waals surface area contributed by atoms with Crippen molar-refractivity contribution in [2.75, 3.05) is 45.1 Å². The van der Waals surface area contributed by atoms with Gasteiger partial charge in [-0.25, -0.2) is 23.4 Å². The van der Waals surface area contributed by atoms with Crippen LogP contribution in [0, 0.1) is 0 Å². The fraction of sp³-hybridized carbons (Fsp3) is 0.458. The molecule has 1 saturated heterocycles. The molecule has 1 aliphatic heterocycles. The van der Waals surface area contributed by atoms with Crippen LogP contribution in [-0.2, 0) is 17.8 Å². The lowest BCUT2D eigenvalue weighted by Crippen LogP contribution is -2.49. The number of hydrogen-bond donors (Lipinski definition) is 1. The second-order valence-electron chi connectivity index (χ2n) is 9.10. The fourth-order valence-corrected chi connectivity index (χ4v) is 4.67. The van der Waals surface area contributed by atoms with E-state index in [2.05, 4.69) is 27.0 Å². The monoisotopic (exact) mass is 527 g/mol. The molecular weight excluding hydrogens is 498 g/mol. The number of hydrogen-bond acceptors (Lipinski definition) is 8. The number of anilines is 1. The highest BCUT2D eigenvalue weighted by atomic mass is 35.5. The van der Waals surface area contributed by atoms with E-state index in [-0.39, 0.29) is 24.3 Å². The Labute approximate surface area is 218 Å². The molecule has 0 aliphatic carbocycles. The third-order valence-corrected chi connectivity index (χ3v) is 6.78. The van der Waals surface area contributed by atoms with Gasteiger partial charge in [-0.15, -0.1) is 5.10 Å². The summed E-state index contributed by atoms with van der Waals surface area (Å²) in [5.74, 6) is 0.0572. The molecule has 13 heteroatoms. The van der Waals surface area contributed by atoms with Crippen LogP contribution >= 0.6 is 11.6 Å². The zero-order valence-electron chi connectivity index (χ0n) is 20.7. The minimum absolute atomic E-state index is 0.0572. The minimum atomic E-state index is -0.374. The van der Waals surface area contributed by atoms with E-state index in [0.717, 1.165) is 38.0 Å². The second-order valence-corrected chi connectivity index (χ2v) is 9.54. The van der Waals surface area contributed by atoms with Crippen LogP contribution in [0.15, 0.2) is 35.3 Å². The van der Waals surface area contributed by atoms with Crippen LogP contribution < -0.4 is 11.4 Å². The van der Waals surface area contributed by atoms with E-state index >= 15 is 0 Å². The molecular formula is C24H30ClN9O3. The van der Waals surface area contributed by atoms with Crippen LogP contribution in [0.25, 0.3) is 16.7 Å². The SMILES string of the molecule is CCCCOC(=O)N1CCN(CCn2ncc3c2nc(N)n2c(=O)n(Cc4cccc(Cl)c4)nc32)CC1. The summed E-state index contributed by atoms with van der Waals surface area (Å²) in [5, 5.41) is 10.3. The summed E-state index contributed by atoms with van der Waals surface area (Å²) in [4.78, 5) is 33.7. The number of nitrogen functional groups attached to an aromatic ring is 1. The lowest BCUT2D eigenvalue weighted by molar-refractivity contribution is 0.0745. The molecule has 0 atom stereocenters. The molecule has 0 unspecified atom stereocenters. The summed E-state index contributed by atoms with van der Waals surface area (Å²) in [5.41, 5.74) is 7.65. The van der Waals surface area contributed by atoms with Gasteiger partial charge in [0.2, 0.25) is 5.95 Å². The third-order valence-electron chi connectivity index (χ3n) is 6.54. The Hall–Kier alpha value is -3.64. The number of carbonyl (C=O) groups is 1. The van der Waals surface area contributed by atoms with Crippen molar-refractivity contribution in [3.63, 3.8) is 0 Å². The predicted octanol–water partition coefficient (Wildman–Crippen LogP) is 2.08. The van der Waals surface area contributed by atoms with Crippen molar-refractivity contribution in [3.05, 3.63) is 51.5 Å². The summed E-state index contributed by atoms with van der Waals surface area (Å²) in [6.45, 7) is 6.88. The van der Waals surface area contributed by atoms with E-state index < -0.39 is 0 Å². The van der Waals surface area contributed by atoms with E-state index in [1.165, 1.54) is 9.08 Å². The fourth-order valence-electron chi connectivity index (χ4n) is 4.46. The van der Waals surface area contributed by atoms with Crippen molar-refractivity contribution in [1.82, 2.24) is 38.7 Å². The molecule has 12 nitrogen and oxygen atoms in total. The normalized spacial score (nSPS) is 14.6. The quantitative estimate of drug-likeness (QED) is 0.345. The highest BCUT2D eigenvalue weighted by Gasteiger charge is 2.23. The molecule has 0 radical (unpaired) electrons. The maximum absolute atomic E-state index is 13.0. The average Bonchev–Trinajstić information content (AvgIpc) is 3.44. The Morgan fingerprint density at radius 2 is 1.95 bits per heavy atom. The maximum atomic E-state index is 13.0. The molecule has 0 saturated carbocycles. The zero-order valence-corrected chi connectivity index (χ0v) is 21.5. The van der Waals surface area contributed by atoms with Gasteiger partial charge < -0.3 is 15.4 Å². The van der Waals surface area contributed by atoms with Gasteiger partial charge in [0.25, 0.3) is 0 Å². The first-order valence-corrected chi connectivity index (χ1v) is 12.8. The van der Waals surface area contributed by atoms with Crippen LogP contribution in [0.3, 0.4) is 0 Å². The van der Waals surface area contributed by atoms with Gasteiger partial charge in [0.05, 0.1) is 31.3 Å². The molecule has 1 aromatic carbocycles. The molecule has 4 heterocycles. The average molecular weight is 528 g/mol. The van der Waals surface area contributed by atoms with Gasteiger partial charge in [0.15, 0.2) is 11.3 Å². The maximum Gasteiger partial charge on any atom is 0.409 e. The van der Waals surface area contributed by atoms with E-state index in [1.807, 2.05) is 12.1 Å². The van der Waals surface area contributed by atoms with E-state index in [9.17, 15) is 9.59 Å². The standard InChI is InChI=1S/C24H30ClN9O3/c1-2-3-13-37-24(36)31-10-7-30(8-11-31)9-12-32-20-19(15-27-32)21-29-33(23(35)34(21)22(26)28-20)16-17-5-4-6-18(25)14-17/h4-6,14-15H,2-3,7-13,16H2,1H3,(H2,26,28). The van der Waals surface area contributed by atoms with Crippen molar-refractivity contribution in [2.24, 2.45) is 0 Å². The number of rotatable bonds is 8. The topological polar surface area (TPSA) is 129 Å². The first kappa shape index (κ1) is 25.0. The van der Waals surface area contributed by atoms with E-state index in [0.29, 0.717) is 47.9 Å². The number of ether oxygens (including phenoxy) is 1. The summed E-state index contributed by atoms with van der Waals surface area (Å²) >= 11 is 6.09. The number of piperazine rings is 1. The van der Waals surface area contributed by atoms with E-state index in [1.54, 1.807) is 27.9 Å². The Bertz CT molecular complexity index is 1470. The molecule has 1 aliphatic rings. The van der Waals surface area contributed by atoms with Gasteiger partial charge in [-0.05, 0) is 24.1 Å². The first-order chi connectivity index (χ1) is 17.9. The molecule has 1 fully saturated rings. The summed E-state index contributed by atoms with van der Waals surface area (Å²) in [7, 11) is 0. The molecule has 1 amide bonds. The van der Waals surface area contributed by atoms with Crippen molar-refractivity contribution in [3.8, 4) is 0 Å². The second kappa shape index (κ2) is 10.8. The van der Waals surface area contributed by atoms with Crippen molar-refractivity contribution in [1.29, 1.82) is 0 Å². The highest BCUT2D eigenvalue weighted by Crippen LogP contribution is 2.19. The summed E-state index contributed by atoms with van der Waals surface area (Å²) in [6.07, 6.45) is 3.30. The van der Waals surface area contributed by atoms with Gasteiger partial charge in [-0.2, -0.15) is 10.1 Å². The van der Waals surface area contributed by atoms with Crippen LogP contribution in [0.1, 0.15) is 25.3 Å². The number of aromatic nitrogens is 6. The van der Waals surface area contributed by atoms with Crippen LogP contribution in [0.5, 0.6) is 0 Å². The molecule has 0 spiro atoms. The number of nitrogens with two attached hydrogens (primary N) is 1. The van der Waals surface area contributed by atoms with Gasteiger partial charge in [0, 0.05) is 37.7 Å². The van der Waals surface area contributed by atoms with Crippen molar-refractivity contribution in [2.45, 2.75) is 32.9 Å². The van der Waals surface area contributed by atoms with E-state index in [4.69, 9.17) is 22.1 Å². The first-order valence-electron chi connectivity index (χ1n) is 12.4. The number of nitrogens with zero attached hydrogens (tertiary/aromatic N) is 8. The molecule has 4 aromatic rings. The smallest absolute Gasteiger partial charge is 0.409 e. The van der Waals surface area contributed by atoms with Gasteiger partial charge in [-0.3, -0.25) is 4.90 Å². The molecule has 196 valence electrons. The molecule has 5 rings (SSSR count). The Morgan fingerprint density at radius 3 is 2.70 bits per heavy atom.